The van der Waals surface area contributed by atoms with Crippen molar-refractivity contribution in [2.24, 2.45) is 0 Å². The number of hydrogen-bond acceptors (Lipinski definition) is 0. The fourth-order valence-corrected chi connectivity index (χ4v) is 6.66. The molecule has 110 valence electrons. The predicted octanol–water partition coefficient (Wildman–Crippen LogP) is 8.25. The molecule has 0 radical (unpaired) electrons. The second kappa shape index (κ2) is 5.17. The Kier molecular flexibility index (Phi) is 3.61. The lowest BCUT2D eigenvalue weighted by atomic mass is 9.90. The van der Waals surface area contributed by atoms with E-state index in [1.807, 2.05) is 0 Å². The highest BCUT2D eigenvalue weighted by Crippen LogP contribution is 2.47. The zero-order valence-electron chi connectivity index (χ0n) is 11.8. The maximum atomic E-state index is 3.77. The van der Waals surface area contributed by atoms with Crippen LogP contribution in [0.25, 0.3) is 32.3 Å². The Morgan fingerprint density at radius 1 is 0.500 bits per heavy atom. The monoisotopic (exact) mass is 542 g/mol. The van der Waals surface area contributed by atoms with Crippen molar-refractivity contribution in [2.45, 2.75) is 13.8 Å². The summed E-state index contributed by atoms with van der Waals surface area (Å²) in [5, 5.41) is 7.70. The van der Waals surface area contributed by atoms with Crippen LogP contribution >= 0.6 is 63.7 Å². The summed E-state index contributed by atoms with van der Waals surface area (Å²) in [5.41, 5.74) is 2.55. The number of aryl methyl sites for hydroxylation is 2. The summed E-state index contributed by atoms with van der Waals surface area (Å²) in [6.45, 7) is 4.33. The van der Waals surface area contributed by atoms with Gasteiger partial charge in [-0.05, 0) is 70.8 Å². The SMILES string of the molecule is Cc1cc(Br)c2c(Br)cc3c(C)cc(Br)c4c(Br)cc1c2c34. The van der Waals surface area contributed by atoms with Crippen molar-refractivity contribution < 1.29 is 0 Å². The third-order valence-corrected chi connectivity index (χ3v) is 6.82. The molecule has 4 rings (SSSR count). The van der Waals surface area contributed by atoms with E-state index in [1.54, 1.807) is 0 Å². The Morgan fingerprint density at radius 3 is 1.18 bits per heavy atom. The van der Waals surface area contributed by atoms with Crippen molar-refractivity contribution in [3.05, 3.63) is 53.3 Å². The molecule has 0 aliphatic carbocycles. The summed E-state index contributed by atoms with van der Waals surface area (Å²) >= 11 is 15.0. The van der Waals surface area contributed by atoms with E-state index >= 15 is 0 Å². The van der Waals surface area contributed by atoms with Crippen LogP contribution in [-0.4, -0.2) is 0 Å². The standard InChI is InChI=1S/C18H10Br4/c1-7-3-11(19)17-14(22)6-10-8(2)4-12(20)18-13(21)5-9(7)15(17)16(10)18/h3-6H,1-2H3. The van der Waals surface area contributed by atoms with Crippen LogP contribution in [0.3, 0.4) is 0 Å². The molecular weight excluding hydrogens is 536 g/mol. The first-order chi connectivity index (χ1) is 10.4. The highest BCUT2D eigenvalue weighted by molar-refractivity contribution is 9.11. The van der Waals surface area contributed by atoms with Crippen LogP contribution in [0.2, 0.25) is 0 Å². The van der Waals surface area contributed by atoms with Gasteiger partial charge in [-0.15, -0.1) is 0 Å². The lowest BCUT2D eigenvalue weighted by molar-refractivity contribution is 1.50. The third-order valence-electron chi connectivity index (χ3n) is 4.32. The molecule has 4 aromatic carbocycles. The van der Waals surface area contributed by atoms with Crippen LogP contribution in [0.15, 0.2) is 42.2 Å². The minimum absolute atomic E-state index is 1.13. The summed E-state index contributed by atoms with van der Waals surface area (Å²) in [6, 6.07) is 8.86. The molecule has 0 heterocycles. The molecule has 0 amide bonds. The van der Waals surface area contributed by atoms with Gasteiger partial charge in [0, 0.05) is 28.7 Å². The molecule has 4 aromatic rings. The Bertz CT molecular complexity index is 992. The molecule has 22 heavy (non-hydrogen) atoms. The minimum atomic E-state index is 1.13. The van der Waals surface area contributed by atoms with Gasteiger partial charge in [-0.25, -0.2) is 0 Å². The summed E-state index contributed by atoms with van der Waals surface area (Å²) in [4.78, 5) is 0. The number of hydrogen-bond donors (Lipinski definition) is 0. The van der Waals surface area contributed by atoms with E-state index in [1.165, 1.54) is 43.4 Å². The zero-order valence-corrected chi connectivity index (χ0v) is 18.2. The summed E-state index contributed by atoms with van der Waals surface area (Å²) in [7, 11) is 0. The quantitative estimate of drug-likeness (QED) is 0.195. The average Bonchev–Trinajstić information content (AvgIpc) is 2.43. The molecule has 0 aromatic heterocycles. The molecule has 0 aliphatic heterocycles. The van der Waals surface area contributed by atoms with Crippen molar-refractivity contribution in [1.29, 1.82) is 0 Å². The minimum Gasteiger partial charge on any atom is -0.0501 e. The topological polar surface area (TPSA) is 0 Å². The van der Waals surface area contributed by atoms with Crippen molar-refractivity contribution in [2.75, 3.05) is 0 Å². The van der Waals surface area contributed by atoms with Crippen molar-refractivity contribution >= 4 is 96.0 Å². The van der Waals surface area contributed by atoms with E-state index in [9.17, 15) is 0 Å². The van der Waals surface area contributed by atoms with E-state index in [2.05, 4.69) is 102 Å². The van der Waals surface area contributed by atoms with Gasteiger partial charge in [-0.1, -0.05) is 63.7 Å². The van der Waals surface area contributed by atoms with Crippen LogP contribution in [0.1, 0.15) is 11.1 Å². The highest BCUT2D eigenvalue weighted by atomic mass is 79.9. The Hall–Kier alpha value is -0.160. The fourth-order valence-electron chi connectivity index (χ4n) is 3.34. The van der Waals surface area contributed by atoms with Gasteiger partial charge in [0.1, 0.15) is 0 Å². The van der Waals surface area contributed by atoms with Gasteiger partial charge in [0.05, 0.1) is 0 Å². The van der Waals surface area contributed by atoms with Crippen LogP contribution < -0.4 is 0 Å². The molecule has 0 saturated carbocycles. The van der Waals surface area contributed by atoms with E-state index in [0.29, 0.717) is 0 Å². The van der Waals surface area contributed by atoms with E-state index in [4.69, 9.17) is 0 Å². The van der Waals surface area contributed by atoms with Crippen molar-refractivity contribution in [3.8, 4) is 0 Å². The van der Waals surface area contributed by atoms with Crippen molar-refractivity contribution in [3.63, 3.8) is 0 Å². The van der Waals surface area contributed by atoms with Crippen LogP contribution in [0, 0.1) is 13.8 Å². The zero-order chi connectivity index (χ0) is 15.8. The molecule has 0 saturated heterocycles. The number of halogens is 4. The van der Waals surface area contributed by atoms with Crippen LogP contribution in [-0.2, 0) is 0 Å². The van der Waals surface area contributed by atoms with E-state index in [-0.39, 0.29) is 0 Å². The normalized spacial score (nSPS) is 12.1. The van der Waals surface area contributed by atoms with Gasteiger partial charge >= 0.3 is 0 Å². The predicted molar refractivity (Wildman–Crippen MR) is 110 cm³/mol. The molecule has 0 nitrogen and oxygen atoms in total. The molecule has 0 unspecified atom stereocenters. The first kappa shape index (κ1) is 15.4. The first-order valence-electron chi connectivity index (χ1n) is 6.82. The van der Waals surface area contributed by atoms with Gasteiger partial charge in [0.15, 0.2) is 0 Å². The van der Waals surface area contributed by atoms with E-state index < -0.39 is 0 Å². The molecule has 0 spiro atoms. The van der Waals surface area contributed by atoms with Gasteiger partial charge in [0.25, 0.3) is 0 Å². The summed E-state index contributed by atoms with van der Waals surface area (Å²) < 4.78 is 4.52. The molecule has 0 aliphatic rings. The molecule has 0 atom stereocenters. The van der Waals surface area contributed by atoms with Gasteiger partial charge in [-0.3, -0.25) is 0 Å². The smallest absolute Gasteiger partial charge is 0.0271 e. The van der Waals surface area contributed by atoms with Gasteiger partial charge < -0.3 is 0 Å². The Morgan fingerprint density at radius 2 is 0.818 bits per heavy atom. The van der Waals surface area contributed by atoms with Crippen LogP contribution in [0.4, 0.5) is 0 Å². The van der Waals surface area contributed by atoms with Crippen molar-refractivity contribution in [1.82, 2.24) is 0 Å². The Balaban J connectivity index is 2.53. The maximum Gasteiger partial charge on any atom is 0.0271 e. The molecule has 0 bridgehead atoms. The molecule has 0 N–H and O–H groups in total. The average molecular weight is 546 g/mol. The third kappa shape index (κ3) is 1.97. The lowest BCUT2D eigenvalue weighted by Crippen LogP contribution is -1.92. The highest BCUT2D eigenvalue weighted by Gasteiger charge is 2.19. The van der Waals surface area contributed by atoms with Crippen LogP contribution in [0.5, 0.6) is 0 Å². The van der Waals surface area contributed by atoms with Gasteiger partial charge in [0.2, 0.25) is 0 Å². The van der Waals surface area contributed by atoms with E-state index in [0.717, 1.165) is 17.9 Å². The molecular formula is C18H10Br4. The summed E-state index contributed by atoms with van der Waals surface area (Å²) in [5.74, 6) is 0. The summed E-state index contributed by atoms with van der Waals surface area (Å²) in [6.07, 6.45) is 0. The second-order valence-electron chi connectivity index (χ2n) is 5.66. The molecule has 4 heteroatoms. The molecule has 0 fully saturated rings. The first-order valence-corrected chi connectivity index (χ1v) is 9.99. The number of benzene rings is 4. The van der Waals surface area contributed by atoms with Gasteiger partial charge in [-0.2, -0.15) is 0 Å². The Labute approximate surface area is 162 Å². The lowest BCUT2D eigenvalue weighted by Gasteiger charge is -2.18. The fraction of sp³-hybridized carbons (Fsp3) is 0.111. The maximum absolute atomic E-state index is 3.77. The largest absolute Gasteiger partial charge is 0.0501 e. The second-order valence-corrected chi connectivity index (χ2v) is 9.08. The number of rotatable bonds is 0.